The molecule has 0 saturated carbocycles. The van der Waals surface area contributed by atoms with E-state index in [1.54, 1.807) is 12.1 Å². The monoisotopic (exact) mass is 486 g/mol. The van der Waals surface area contributed by atoms with Gasteiger partial charge in [-0.1, -0.05) is 60.7 Å². The topological polar surface area (TPSA) is 0 Å². The van der Waals surface area contributed by atoms with Crippen LogP contribution in [0.25, 0.3) is 0 Å². The molecule has 190 valence electrons. The lowest BCUT2D eigenvalue weighted by Crippen LogP contribution is -1.95. The Kier molecular flexibility index (Phi) is 11.6. The molecule has 0 spiro atoms. The highest BCUT2D eigenvalue weighted by Crippen LogP contribution is 2.18. The smallest absolute Gasteiger partial charge is 0.126 e. The highest BCUT2D eigenvalue weighted by Gasteiger charge is 2.05. The van der Waals surface area contributed by atoms with E-state index in [-0.39, 0.29) is 11.6 Å². The molecule has 3 aromatic carbocycles. The number of allylic oxidation sites excluding steroid dienone is 2. The van der Waals surface area contributed by atoms with E-state index in [1.807, 2.05) is 24.3 Å². The summed E-state index contributed by atoms with van der Waals surface area (Å²) in [6, 6.07) is 20.3. The number of hydrogen-bond acceptors (Lipinski definition) is 0. The summed E-state index contributed by atoms with van der Waals surface area (Å²) >= 11 is 0. The second-order valence-corrected chi connectivity index (χ2v) is 9.74. The Balaban J connectivity index is 1.33. The van der Waals surface area contributed by atoms with E-state index in [0.717, 1.165) is 99.3 Å². The van der Waals surface area contributed by atoms with Gasteiger partial charge in [-0.25, -0.2) is 8.78 Å². The highest BCUT2D eigenvalue weighted by atomic mass is 19.1. The maximum Gasteiger partial charge on any atom is 0.126 e. The van der Waals surface area contributed by atoms with Crippen molar-refractivity contribution in [3.05, 3.63) is 131 Å². The fourth-order valence-electron chi connectivity index (χ4n) is 4.60. The molecule has 3 aromatic rings. The summed E-state index contributed by atoms with van der Waals surface area (Å²) in [5.41, 5.74) is 6.43. The average Bonchev–Trinajstić information content (AvgIpc) is 2.89. The Bertz CT molecular complexity index is 1010. The van der Waals surface area contributed by atoms with Crippen molar-refractivity contribution >= 4 is 0 Å². The van der Waals surface area contributed by atoms with Crippen LogP contribution in [0.2, 0.25) is 0 Å². The quantitative estimate of drug-likeness (QED) is 0.140. The largest absolute Gasteiger partial charge is 0.207 e. The van der Waals surface area contributed by atoms with Gasteiger partial charge < -0.3 is 0 Å². The molecule has 0 saturated heterocycles. The average molecular weight is 487 g/mol. The van der Waals surface area contributed by atoms with Gasteiger partial charge >= 0.3 is 0 Å². The van der Waals surface area contributed by atoms with E-state index in [2.05, 4.69) is 49.6 Å². The van der Waals surface area contributed by atoms with Crippen LogP contribution in [0.5, 0.6) is 0 Å². The summed E-state index contributed by atoms with van der Waals surface area (Å²) in [6.07, 6.45) is 15.0. The van der Waals surface area contributed by atoms with Gasteiger partial charge in [-0.2, -0.15) is 0 Å². The normalized spacial score (nSPS) is 10.9. The first-order valence-electron chi connectivity index (χ1n) is 13.4. The van der Waals surface area contributed by atoms with Crippen LogP contribution in [0.15, 0.2) is 86.0 Å². The fourth-order valence-corrected chi connectivity index (χ4v) is 4.60. The van der Waals surface area contributed by atoms with Gasteiger partial charge in [0.05, 0.1) is 0 Å². The summed E-state index contributed by atoms with van der Waals surface area (Å²) in [6.45, 7) is 7.41. The number of unbranched alkanes of at least 4 members (excludes halogenated alkanes) is 2. The first-order valence-corrected chi connectivity index (χ1v) is 13.4. The molecule has 0 N–H and O–H groups in total. The lowest BCUT2D eigenvalue weighted by Gasteiger charge is -2.07. The van der Waals surface area contributed by atoms with E-state index >= 15 is 0 Å². The van der Waals surface area contributed by atoms with Crippen LogP contribution in [0.1, 0.15) is 71.9 Å². The Hall–Kier alpha value is -3.00. The number of halogens is 2. The van der Waals surface area contributed by atoms with Crippen LogP contribution in [-0.4, -0.2) is 0 Å². The summed E-state index contributed by atoms with van der Waals surface area (Å²) in [7, 11) is 0. The third kappa shape index (κ3) is 9.22. The van der Waals surface area contributed by atoms with Crippen LogP contribution in [-0.2, 0) is 38.5 Å². The van der Waals surface area contributed by atoms with E-state index in [1.165, 1.54) is 11.1 Å². The maximum absolute atomic E-state index is 14.2. The minimum absolute atomic E-state index is 0.0886. The van der Waals surface area contributed by atoms with Crippen molar-refractivity contribution in [1.82, 2.24) is 0 Å². The van der Waals surface area contributed by atoms with Gasteiger partial charge in [0, 0.05) is 0 Å². The van der Waals surface area contributed by atoms with E-state index in [0.29, 0.717) is 0 Å². The van der Waals surface area contributed by atoms with Gasteiger partial charge in [0.2, 0.25) is 0 Å². The van der Waals surface area contributed by atoms with Crippen LogP contribution < -0.4 is 0 Å². The zero-order valence-electron chi connectivity index (χ0n) is 21.6. The van der Waals surface area contributed by atoms with Crippen molar-refractivity contribution < 1.29 is 8.78 Å². The van der Waals surface area contributed by atoms with Crippen molar-refractivity contribution in [2.45, 2.75) is 77.0 Å². The van der Waals surface area contributed by atoms with Crippen molar-refractivity contribution in [3.63, 3.8) is 0 Å². The van der Waals surface area contributed by atoms with Gasteiger partial charge in [-0.3, -0.25) is 0 Å². The van der Waals surface area contributed by atoms with Crippen LogP contribution >= 0.6 is 0 Å². The maximum atomic E-state index is 14.2. The van der Waals surface area contributed by atoms with E-state index < -0.39 is 0 Å². The van der Waals surface area contributed by atoms with Crippen molar-refractivity contribution in [2.24, 2.45) is 0 Å². The number of hydrogen-bond donors (Lipinski definition) is 0. The number of aryl methyl sites for hydroxylation is 6. The number of benzene rings is 3. The van der Waals surface area contributed by atoms with Crippen molar-refractivity contribution in [1.29, 1.82) is 0 Å². The molecular weight excluding hydrogens is 446 g/mol. The minimum Gasteiger partial charge on any atom is -0.207 e. The summed E-state index contributed by atoms with van der Waals surface area (Å²) < 4.78 is 28.4. The second-order valence-electron chi connectivity index (χ2n) is 9.74. The zero-order valence-corrected chi connectivity index (χ0v) is 21.6. The van der Waals surface area contributed by atoms with Crippen molar-refractivity contribution in [3.8, 4) is 0 Å². The van der Waals surface area contributed by atoms with Crippen LogP contribution in [0.3, 0.4) is 0 Å². The van der Waals surface area contributed by atoms with Crippen molar-refractivity contribution in [2.75, 3.05) is 0 Å². The molecule has 0 radical (unpaired) electrons. The van der Waals surface area contributed by atoms with Gasteiger partial charge in [0.1, 0.15) is 11.6 Å². The third-order valence-electron chi connectivity index (χ3n) is 6.86. The Morgan fingerprint density at radius 1 is 0.472 bits per heavy atom. The molecule has 0 atom stereocenters. The van der Waals surface area contributed by atoms with Crippen LogP contribution in [0.4, 0.5) is 8.78 Å². The molecule has 0 aliphatic heterocycles. The summed E-state index contributed by atoms with van der Waals surface area (Å²) in [5.74, 6) is -0.177. The molecule has 36 heavy (non-hydrogen) atoms. The Labute approximate surface area is 216 Å². The lowest BCUT2D eigenvalue weighted by molar-refractivity contribution is 0.605. The Morgan fingerprint density at radius 3 is 1.14 bits per heavy atom. The molecular formula is C34H40F2. The molecule has 2 heteroatoms. The first-order chi connectivity index (χ1) is 17.6. The SMILES string of the molecule is C=CCCc1ccc(CCCCc2ccc(CCCCc3ccc(CCC=C)c(F)c3)cc2)cc1F. The molecule has 0 nitrogen and oxygen atoms in total. The molecule has 0 heterocycles. The van der Waals surface area contributed by atoms with Crippen LogP contribution in [0, 0.1) is 11.6 Å². The molecule has 0 amide bonds. The van der Waals surface area contributed by atoms with E-state index in [4.69, 9.17) is 0 Å². The van der Waals surface area contributed by atoms with Gasteiger partial charge in [0.25, 0.3) is 0 Å². The van der Waals surface area contributed by atoms with Gasteiger partial charge in [-0.05, 0) is 123 Å². The first kappa shape index (κ1) is 27.6. The zero-order chi connectivity index (χ0) is 25.6. The molecule has 0 aliphatic carbocycles. The molecule has 0 bridgehead atoms. The molecule has 0 aliphatic rings. The fraction of sp³-hybridized carbons (Fsp3) is 0.353. The summed E-state index contributed by atoms with van der Waals surface area (Å²) in [4.78, 5) is 0. The molecule has 0 aromatic heterocycles. The lowest BCUT2D eigenvalue weighted by atomic mass is 9.99. The Morgan fingerprint density at radius 2 is 0.806 bits per heavy atom. The van der Waals surface area contributed by atoms with E-state index in [9.17, 15) is 8.78 Å². The number of rotatable bonds is 16. The molecule has 0 fully saturated rings. The third-order valence-corrected chi connectivity index (χ3v) is 6.86. The van der Waals surface area contributed by atoms with Gasteiger partial charge in [-0.15, -0.1) is 13.2 Å². The standard InChI is InChI=1S/C34H40F2/c1-3-5-15-31-23-21-29(25-33(31)35)13-9-7-11-27-17-19-28(20-18-27)12-8-10-14-30-22-24-32(16-6-4-2)34(36)26-30/h3-4,17-26H,1-2,5-16H2. The molecule has 0 unspecified atom stereocenters. The second kappa shape index (κ2) is 15.2. The predicted octanol–water partition coefficient (Wildman–Crippen LogP) is 9.33. The summed E-state index contributed by atoms with van der Waals surface area (Å²) in [5, 5.41) is 0. The highest BCUT2D eigenvalue weighted by molar-refractivity contribution is 5.26. The predicted molar refractivity (Wildman–Crippen MR) is 150 cm³/mol. The van der Waals surface area contributed by atoms with Gasteiger partial charge in [0.15, 0.2) is 0 Å². The molecule has 3 rings (SSSR count). The minimum atomic E-state index is -0.0886.